The molecule has 0 saturated carbocycles. The molecule has 1 atom stereocenters. The van der Waals surface area contributed by atoms with Crippen LogP contribution >= 0.6 is 0 Å². The summed E-state index contributed by atoms with van der Waals surface area (Å²) in [5.74, 6) is 0. The quantitative estimate of drug-likeness (QED) is 0.588. The summed E-state index contributed by atoms with van der Waals surface area (Å²) in [5.41, 5.74) is 5.44. The molecule has 0 radical (unpaired) electrons. The van der Waals surface area contributed by atoms with Crippen LogP contribution in [-0.4, -0.2) is 28.5 Å². The predicted octanol–water partition coefficient (Wildman–Crippen LogP) is 5.61. The Morgan fingerprint density at radius 3 is 2.59 bits per heavy atom. The summed E-state index contributed by atoms with van der Waals surface area (Å²) in [6.45, 7) is 11.8. The second-order valence-electron chi connectivity index (χ2n) is 7.95. The molecule has 0 bridgehead atoms. The second-order valence-corrected chi connectivity index (χ2v) is 7.95. The van der Waals surface area contributed by atoms with Gasteiger partial charge in [0.25, 0.3) is 0 Å². The van der Waals surface area contributed by atoms with Crippen LogP contribution in [0.25, 0.3) is 0 Å². The van der Waals surface area contributed by atoms with E-state index in [1.165, 1.54) is 22.3 Å². The van der Waals surface area contributed by atoms with Crippen molar-refractivity contribution in [3.8, 4) is 0 Å². The number of nitrogens with zero attached hydrogens (tertiary/aromatic N) is 3. The average molecular weight is 368 g/mol. The molecule has 4 heteroatoms. The summed E-state index contributed by atoms with van der Waals surface area (Å²) >= 11 is 0. The van der Waals surface area contributed by atoms with E-state index < -0.39 is 0 Å². The third-order valence-electron chi connectivity index (χ3n) is 5.30. The van der Waals surface area contributed by atoms with E-state index in [0.717, 1.165) is 12.8 Å². The Bertz CT molecular complexity index is 762. The van der Waals surface area contributed by atoms with Gasteiger partial charge in [0.1, 0.15) is 12.7 Å². The SMILES string of the molecule is COC/C=C(C)/C=C/C=C(C)/C=C/C1=C(C)C(n2cnnc2)CCC1(C)C. The molecule has 4 nitrogen and oxygen atoms in total. The van der Waals surface area contributed by atoms with Gasteiger partial charge in [0, 0.05) is 7.11 Å². The number of aromatic nitrogens is 3. The fourth-order valence-corrected chi connectivity index (χ4v) is 3.57. The van der Waals surface area contributed by atoms with Gasteiger partial charge < -0.3 is 9.30 Å². The molecular weight excluding hydrogens is 334 g/mol. The van der Waals surface area contributed by atoms with Crippen molar-refractivity contribution in [3.63, 3.8) is 0 Å². The van der Waals surface area contributed by atoms with E-state index in [9.17, 15) is 0 Å². The molecule has 0 saturated heterocycles. The monoisotopic (exact) mass is 367 g/mol. The van der Waals surface area contributed by atoms with Crippen molar-refractivity contribution in [1.82, 2.24) is 14.8 Å². The zero-order valence-corrected chi connectivity index (χ0v) is 17.6. The third-order valence-corrected chi connectivity index (χ3v) is 5.30. The maximum absolute atomic E-state index is 5.06. The van der Waals surface area contributed by atoms with Crippen molar-refractivity contribution < 1.29 is 4.74 Å². The molecule has 0 amide bonds. The first-order valence-electron chi connectivity index (χ1n) is 9.59. The van der Waals surface area contributed by atoms with Gasteiger partial charge in [-0.3, -0.25) is 0 Å². The smallest absolute Gasteiger partial charge is 0.119 e. The van der Waals surface area contributed by atoms with Gasteiger partial charge in [0.05, 0.1) is 12.6 Å². The van der Waals surface area contributed by atoms with Crippen molar-refractivity contribution in [2.75, 3.05) is 13.7 Å². The first kappa shape index (κ1) is 21.1. The van der Waals surface area contributed by atoms with E-state index in [-0.39, 0.29) is 5.41 Å². The Morgan fingerprint density at radius 2 is 1.93 bits per heavy atom. The minimum absolute atomic E-state index is 0.181. The van der Waals surface area contributed by atoms with Gasteiger partial charge in [0.2, 0.25) is 0 Å². The number of rotatable bonds is 7. The molecule has 27 heavy (non-hydrogen) atoms. The molecule has 1 aromatic heterocycles. The van der Waals surface area contributed by atoms with Crippen LogP contribution in [0.2, 0.25) is 0 Å². The topological polar surface area (TPSA) is 39.9 Å². The van der Waals surface area contributed by atoms with Crippen LogP contribution in [0.1, 0.15) is 53.5 Å². The molecule has 1 aliphatic rings. The average Bonchev–Trinajstić information content (AvgIpc) is 3.13. The number of hydrogen-bond donors (Lipinski definition) is 0. The summed E-state index contributed by atoms with van der Waals surface area (Å²) in [7, 11) is 1.71. The zero-order valence-electron chi connectivity index (χ0n) is 17.6. The van der Waals surface area contributed by atoms with Crippen molar-refractivity contribution in [2.45, 2.75) is 53.5 Å². The van der Waals surface area contributed by atoms with Crippen molar-refractivity contribution in [1.29, 1.82) is 0 Å². The lowest BCUT2D eigenvalue weighted by atomic mass is 9.71. The van der Waals surface area contributed by atoms with Gasteiger partial charge in [-0.1, -0.05) is 61.4 Å². The molecular formula is C23H33N3O. The standard InChI is InChI=1S/C23H33N3O/c1-18(8-7-9-19(2)13-15-27-6)10-11-21-20(3)22(12-14-23(21,4)5)26-16-24-25-17-26/h7-11,13,16-17,22H,12,14-15H2,1-6H3/b9-7+,11-10+,18-8+,19-13+. The predicted molar refractivity (Wildman–Crippen MR) is 112 cm³/mol. The van der Waals surface area contributed by atoms with E-state index in [1.54, 1.807) is 7.11 Å². The molecule has 1 aromatic rings. The maximum atomic E-state index is 5.06. The van der Waals surface area contributed by atoms with Gasteiger partial charge in [-0.15, -0.1) is 10.2 Å². The van der Waals surface area contributed by atoms with Crippen LogP contribution in [-0.2, 0) is 4.74 Å². The summed E-state index contributed by atoms with van der Waals surface area (Å²) < 4.78 is 7.18. The van der Waals surface area contributed by atoms with E-state index in [4.69, 9.17) is 4.74 Å². The van der Waals surface area contributed by atoms with Crippen LogP contribution in [0.4, 0.5) is 0 Å². The zero-order chi connectivity index (χ0) is 19.9. The molecule has 0 spiro atoms. The highest BCUT2D eigenvalue weighted by atomic mass is 16.5. The number of allylic oxidation sites excluding steroid dienone is 9. The van der Waals surface area contributed by atoms with Crippen molar-refractivity contribution in [2.24, 2.45) is 5.41 Å². The van der Waals surface area contributed by atoms with Crippen molar-refractivity contribution >= 4 is 0 Å². The number of hydrogen-bond acceptors (Lipinski definition) is 3. The molecule has 2 rings (SSSR count). The summed E-state index contributed by atoms with van der Waals surface area (Å²) in [6, 6.07) is 0.352. The molecule has 0 fully saturated rings. The van der Waals surface area contributed by atoms with Gasteiger partial charge in [-0.25, -0.2) is 0 Å². The minimum Gasteiger partial charge on any atom is -0.381 e. The van der Waals surface area contributed by atoms with E-state index in [1.807, 2.05) is 12.7 Å². The van der Waals surface area contributed by atoms with E-state index in [0.29, 0.717) is 12.6 Å². The highest BCUT2D eigenvalue weighted by Gasteiger charge is 2.32. The molecule has 0 aromatic carbocycles. The van der Waals surface area contributed by atoms with E-state index >= 15 is 0 Å². The summed E-state index contributed by atoms with van der Waals surface area (Å²) in [4.78, 5) is 0. The lowest BCUT2D eigenvalue weighted by molar-refractivity contribution is 0.233. The van der Waals surface area contributed by atoms with Gasteiger partial charge in [-0.05, 0) is 50.2 Å². The Balaban J connectivity index is 2.17. The highest BCUT2D eigenvalue weighted by Crippen LogP contribution is 2.45. The minimum atomic E-state index is 0.181. The molecule has 0 N–H and O–H groups in total. The number of ether oxygens (including phenoxy) is 1. The third kappa shape index (κ3) is 5.90. The highest BCUT2D eigenvalue weighted by molar-refractivity contribution is 5.38. The van der Waals surface area contributed by atoms with Crippen molar-refractivity contribution in [3.05, 3.63) is 71.4 Å². The fraction of sp³-hybridized carbons (Fsp3) is 0.478. The van der Waals surface area contributed by atoms with E-state index in [2.05, 4.69) is 85.8 Å². The molecule has 1 unspecified atom stereocenters. The van der Waals surface area contributed by atoms with Crippen LogP contribution in [0.15, 0.2) is 71.4 Å². The molecule has 146 valence electrons. The number of methoxy groups -OCH3 is 1. The van der Waals surface area contributed by atoms with Crippen LogP contribution in [0, 0.1) is 5.41 Å². The maximum Gasteiger partial charge on any atom is 0.119 e. The first-order valence-corrected chi connectivity index (χ1v) is 9.59. The molecule has 0 aliphatic heterocycles. The van der Waals surface area contributed by atoms with Crippen LogP contribution in [0.5, 0.6) is 0 Å². The summed E-state index contributed by atoms with van der Waals surface area (Å²) in [5, 5.41) is 7.95. The first-order chi connectivity index (χ1) is 12.8. The van der Waals surface area contributed by atoms with Crippen LogP contribution in [0.3, 0.4) is 0 Å². The Kier molecular flexibility index (Phi) is 7.55. The fourth-order valence-electron chi connectivity index (χ4n) is 3.57. The lowest BCUT2D eigenvalue weighted by Gasteiger charge is -2.37. The Morgan fingerprint density at radius 1 is 1.22 bits per heavy atom. The lowest BCUT2D eigenvalue weighted by Crippen LogP contribution is -2.25. The second kappa shape index (κ2) is 9.65. The summed E-state index contributed by atoms with van der Waals surface area (Å²) in [6.07, 6.45) is 18.8. The molecule has 1 aliphatic carbocycles. The van der Waals surface area contributed by atoms with Gasteiger partial charge in [0.15, 0.2) is 0 Å². The largest absolute Gasteiger partial charge is 0.381 e. The molecule has 1 heterocycles. The Labute approximate surface area is 164 Å². The van der Waals surface area contributed by atoms with Gasteiger partial charge in [-0.2, -0.15) is 0 Å². The normalized spacial score (nSPS) is 21.6. The Hall–Kier alpha value is -2.20. The van der Waals surface area contributed by atoms with Crippen LogP contribution < -0.4 is 0 Å². The van der Waals surface area contributed by atoms with Gasteiger partial charge >= 0.3 is 0 Å².